The van der Waals surface area contributed by atoms with Gasteiger partial charge in [0.2, 0.25) is 0 Å². The van der Waals surface area contributed by atoms with Gasteiger partial charge >= 0.3 is 0 Å². The predicted molar refractivity (Wildman–Crippen MR) is 48.4 cm³/mol. The molecule has 0 amide bonds. The zero-order chi connectivity index (χ0) is 8.27. The van der Waals surface area contributed by atoms with Crippen LogP contribution in [0.5, 0.6) is 0 Å². The lowest BCUT2D eigenvalue weighted by molar-refractivity contribution is 0.421. The van der Waals surface area contributed by atoms with Gasteiger partial charge in [0.25, 0.3) is 0 Å². The Morgan fingerprint density at radius 2 is 2.36 bits per heavy atom. The monoisotopic (exact) mass is 152 g/mol. The molecule has 62 valence electrons. The van der Waals surface area contributed by atoms with Gasteiger partial charge in [0.05, 0.1) is 0 Å². The minimum absolute atomic E-state index is 0.768. The van der Waals surface area contributed by atoms with Gasteiger partial charge in [-0.25, -0.2) is 0 Å². The van der Waals surface area contributed by atoms with E-state index < -0.39 is 0 Å². The lowest BCUT2D eigenvalue weighted by atomic mass is 10.3. The zero-order valence-corrected chi connectivity index (χ0v) is 7.38. The van der Waals surface area contributed by atoms with Crippen LogP contribution in [0.3, 0.4) is 0 Å². The van der Waals surface area contributed by atoms with Crippen LogP contribution in [-0.4, -0.2) is 17.3 Å². The van der Waals surface area contributed by atoms with Gasteiger partial charge in [-0.3, -0.25) is 5.01 Å². The first-order valence-corrected chi connectivity index (χ1v) is 4.22. The summed E-state index contributed by atoms with van der Waals surface area (Å²) < 4.78 is 0. The second-order valence-electron chi connectivity index (χ2n) is 2.95. The number of rotatable bonds is 4. The molecule has 0 aromatic heterocycles. The second-order valence-corrected chi connectivity index (χ2v) is 2.95. The van der Waals surface area contributed by atoms with Crippen molar-refractivity contribution < 1.29 is 0 Å². The summed E-state index contributed by atoms with van der Waals surface area (Å²) in [5.41, 5.74) is 1.26. The van der Waals surface area contributed by atoms with Crippen LogP contribution in [0.25, 0.3) is 0 Å². The topological polar surface area (TPSA) is 15.6 Å². The molecule has 0 atom stereocenters. The number of hydrazone groups is 1. The van der Waals surface area contributed by atoms with Gasteiger partial charge in [-0.2, -0.15) is 5.10 Å². The normalized spacial score (nSPS) is 18.2. The molecule has 1 aliphatic carbocycles. The summed E-state index contributed by atoms with van der Waals surface area (Å²) in [5, 5.41) is 6.29. The van der Waals surface area contributed by atoms with E-state index in [0.717, 1.165) is 12.5 Å². The standard InChI is InChI=1S/C9H16N2/c1-4-11(5-2)10-8(3)9-6-7-9/h4,9H,1,5-7H2,2-3H3/b10-8+. The third-order valence-corrected chi connectivity index (χ3v) is 1.99. The zero-order valence-electron chi connectivity index (χ0n) is 7.38. The van der Waals surface area contributed by atoms with E-state index in [2.05, 4.69) is 25.5 Å². The van der Waals surface area contributed by atoms with Gasteiger partial charge < -0.3 is 0 Å². The fourth-order valence-corrected chi connectivity index (χ4v) is 1.03. The molecule has 2 heteroatoms. The molecule has 0 unspecified atom stereocenters. The first kappa shape index (κ1) is 8.31. The van der Waals surface area contributed by atoms with Gasteiger partial charge in [0, 0.05) is 18.5 Å². The van der Waals surface area contributed by atoms with Crippen LogP contribution >= 0.6 is 0 Å². The number of hydrogen-bond donors (Lipinski definition) is 0. The maximum atomic E-state index is 4.41. The van der Waals surface area contributed by atoms with Crippen molar-refractivity contribution in [2.45, 2.75) is 26.7 Å². The first-order valence-electron chi connectivity index (χ1n) is 4.22. The van der Waals surface area contributed by atoms with Crippen molar-refractivity contribution in [2.75, 3.05) is 6.54 Å². The van der Waals surface area contributed by atoms with Crippen molar-refractivity contribution in [1.82, 2.24) is 5.01 Å². The molecule has 0 saturated heterocycles. The van der Waals surface area contributed by atoms with E-state index in [1.165, 1.54) is 18.6 Å². The van der Waals surface area contributed by atoms with Crippen LogP contribution in [0.2, 0.25) is 0 Å². The molecule has 0 spiro atoms. The highest BCUT2D eigenvalue weighted by molar-refractivity contribution is 5.86. The van der Waals surface area contributed by atoms with E-state index in [4.69, 9.17) is 0 Å². The summed E-state index contributed by atoms with van der Waals surface area (Å²) >= 11 is 0. The van der Waals surface area contributed by atoms with Gasteiger partial charge in [-0.05, 0) is 32.6 Å². The summed E-state index contributed by atoms with van der Waals surface area (Å²) in [7, 11) is 0. The summed E-state index contributed by atoms with van der Waals surface area (Å²) in [6.45, 7) is 8.77. The van der Waals surface area contributed by atoms with Crippen molar-refractivity contribution in [3.8, 4) is 0 Å². The van der Waals surface area contributed by atoms with Crippen LogP contribution in [0.1, 0.15) is 26.7 Å². The minimum Gasteiger partial charge on any atom is -0.274 e. The molecule has 0 heterocycles. The lowest BCUT2D eigenvalue weighted by Crippen LogP contribution is -2.11. The summed E-state index contributed by atoms with van der Waals surface area (Å²) in [6.07, 6.45) is 4.42. The van der Waals surface area contributed by atoms with E-state index in [1.807, 2.05) is 5.01 Å². The molecule has 0 bridgehead atoms. The fraction of sp³-hybridized carbons (Fsp3) is 0.667. The van der Waals surface area contributed by atoms with Gasteiger partial charge in [0.15, 0.2) is 0 Å². The Morgan fingerprint density at radius 1 is 1.73 bits per heavy atom. The molecule has 1 fully saturated rings. The predicted octanol–water partition coefficient (Wildman–Crippen LogP) is 2.24. The van der Waals surface area contributed by atoms with Crippen molar-refractivity contribution in [3.05, 3.63) is 12.8 Å². The molecule has 0 aliphatic heterocycles. The summed E-state index contributed by atoms with van der Waals surface area (Å²) in [5.74, 6) is 0.768. The Morgan fingerprint density at radius 3 is 2.73 bits per heavy atom. The molecule has 0 aromatic rings. The fourth-order valence-electron chi connectivity index (χ4n) is 1.03. The third-order valence-electron chi connectivity index (χ3n) is 1.99. The molecular formula is C9H16N2. The van der Waals surface area contributed by atoms with E-state index >= 15 is 0 Å². The van der Waals surface area contributed by atoms with Crippen molar-refractivity contribution >= 4 is 5.71 Å². The average molecular weight is 152 g/mol. The minimum atomic E-state index is 0.768. The highest BCUT2D eigenvalue weighted by Gasteiger charge is 2.24. The molecular weight excluding hydrogens is 136 g/mol. The van der Waals surface area contributed by atoms with Gasteiger partial charge in [0.1, 0.15) is 0 Å². The number of hydrogen-bond acceptors (Lipinski definition) is 2. The molecule has 11 heavy (non-hydrogen) atoms. The lowest BCUT2D eigenvalue weighted by Gasteiger charge is -2.11. The van der Waals surface area contributed by atoms with Gasteiger partial charge in [-0.1, -0.05) is 6.58 Å². The van der Waals surface area contributed by atoms with Crippen LogP contribution in [0, 0.1) is 5.92 Å². The maximum Gasteiger partial charge on any atom is 0.0384 e. The molecule has 1 saturated carbocycles. The molecule has 0 radical (unpaired) electrons. The van der Waals surface area contributed by atoms with Crippen LogP contribution in [0.15, 0.2) is 17.9 Å². The van der Waals surface area contributed by atoms with Crippen molar-refractivity contribution in [1.29, 1.82) is 0 Å². The molecule has 1 aliphatic rings. The number of nitrogens with zero attached hydrogens (tertiary/aromatic N) is 2. The first-order chi connectivity index (χ1) is 5.27. The highest BCUT2D eigenvalue weighted by atomic mass is 15.4. The second kappa shape index (κ2) is 3.56. The van der Waals surface area contributed by atoms with E-state index in [1.54, 1.807) is 6.20 Å². The van der Waals surface area contributed by atoms with E-state index in [9.17, 15) is 0 Å². The van der Waals surface area contributed by atoms with Crippen LogP contribution < -0.4 is 0 Å². The van der Waals surface area contributed by atoms with E-state index in [0.29, 0.717) is 0 Å². The van der Waals surface area contributed by atoms with Crippen molar-refractivity contribution in [2.24, 2.45) is 11.0 Å². The third kappa shape index (κ3) is 2.37. The van der Waals surface area contributed by atoms with E-state index in [-0.39, 0.29) is 0 Å². The molecule has 0 N–H and O–H groups in total. The maximum absolute atomic E-state index is 4.41. The Kier molecular flexibility index (Phi) is 2.69. The average Bonchev–Trinajstić information content (AvgIpc) is 2.81. The highest BCUT2D eigenvalue weighted by Crippen LogP contribution is 2.30. The summed E-state index contributed by atoms with van der Waals surface area (Å²) in [4.78, 5) is 0. The Hall–Kier alpha value is -0.790. The van der Waals surface area contributed by atoms with Crippen LogP contribution in [0.4, 0.5) is 0 Å². The summed E-state index contributed by atoms with van der Waals surface area (Å²) in [6, 6.07) is 0. The SMILES string of the molecule is C=CN(CC)/N=C(\C)C1CC1. The molecule has 2 nitrogen and oxygen atoms in total. The molecule has 0 aromatic carbocycles. The van der Waals surface area contributed by atoms with Crippen molar-refractivity contribution in [3.63, 3.8) is 0 Å². The van der Waals surface area contributed by atoms with Gasteiger partial charge in [-0.15, -0.1) is 0 Å². The smallest absolute Gasteiger partial charge is 0.0384 e. The quantitative estimate of drug-likeness (QED) is 0.445. The largest absolute Gasteiger partial charge is 0.274 e. The van der Waals surface area contributed by atoms with Crippen LogP contribution in [-0.2, 0) is 0 Å². The Bertz CT molecular complexity index is 168. The Labute approximate surface area is 68.6 Å². The molecule has 1 rings (SSSR count). The Balaban J connectivity index is 2.45.